The van der Waals surface area contributed by atoms with Gasteiger partial charge in [-0.2, -0.15) is 0 Å². The summed E-state index contributed by atoms with van der Waals surface area (Å²) < 4.78 is 5.59. The van der Waals surface area contributed by atoms with E-state index >= 15 is 0 Å². The summed E-state index contributed by atoms with van der Waals surface area (Å²) in [5.41, 5.74) is 5.64. The number of fused-ring (bicyclic) bond motifs is 1. The smallest absolute Gasteiger partial charge is 0.160 e. The van der Waals surface area contributed by atoms with Crippen molar-refractivity contribution in [1.29, 1.82) is 0 Å². The van der Waals surface area contributed by atoms with Crippen molar-refractivity contribution in [2.24, 2.45) is 0 Å². The number of unbranched alkanes of at least 4 members (excludes halogenated alkanes) is 1. The van der Waals surface area contributed by atoms with Crippen LogP contribution in [0.4, 0.5) is 0 Å². The van der Waals surface area contributed by atoms with Gasteiger partial charge in [-0.15, -0.1) is 11.8 Å². The van der Waals surface area contributed by atoms with Crippen molar-refractivity contribution in [1.82, 2.24) is 10.4 Å². The predicted molar refractivity (Wildman–Crippen MR) is 128 cm³/mol. The molecule has 2 unspecified atom stereocenters. The van der Waals surface area contributed by atoms with E-state index in [2.05, 4.69) is 36.4 Å². The van der Waals surface area contributed by atoms with Crippen LogP contribution in [-0.2, 0) is 12.8 Å². The maximum Gasteiger partial charge on any atom is 0.160 e. The minimum atomic E-state index is -0.0198. The lowest BCUT2D eigenvalue weighted by atomic mass is 9.87. The highest BCUT2D eigenvalue weighted by Gasteiger charge is 2.28. The summed E-state index contributed by atoms with van der Waals surface area (Å²) in [6.45, 7) is 6.21. The zero-order valence-electron chi connectivity index (χ0n) is 18.9. The van der Waals surface area contributed by atoms with Gasteiger partial charge >= 0.3 is 0 Å². The second-order valence-corrected chi connectivity index (χ2v) is 9.51. The highest BCUT2D eigenvalue weighted by atomic mass is 32.2. The number of hydrogen-bond donors (Lipinski definition) is 3. The van der Waals surface area contributed by atoms with Gasteiger partial charge in [0.15, 0.2) is 11.5 Å². The maximum atomic E-state index is 10.2. The number of para-hydroxylation sites is 1. The molecule has 170 valence electrons. The molecule has 0 aromatic heterocycles. The second-order valence-electron chi connectivity index (χ2n) is 8.16. The number of phenols is 2. The molecule has 1 aliphatic rings. The van der Waals surface area contributed by atoms with Gasteiger partial charge in [-0.1, -0.05) is 44.9 Å². The summed E-state index contributed by atoms with van der Waals surface area (Å²) in [5, 5.41) is 22.9. The van der Waals surface area contributed by atoms with E-state index in [4.69, 9.17) is 4.74 Å². The highest BCUT2D eigenvalue weighted by molar-refractivity contribution is 8.00. The van der Waals surface area contributed by atoms with Gasteiger partial charge in [-0.25, -0.2) is 5.01 Å². The zero-order valence-corrected chi connectivity index (χ0v) is 19.8. The Balaban J connectivity index is 1.75. The van der Waals surface area contributed by atoms with E-state index in [9.17, 15) is 10.2 Å². The van der Waals surface area contributed by atoms with E-state index in [1.807, 2.05) is 30.0 Å². The Bertz CT molecular complexity index is 846. The number of hydrogen-bond acceptors (Lipinski definition) is 6. The number of benzene rings is 2. The molecular weight excluding hydrogens is 408 g/mol. The Labute approximate surface area is 190 Å². The van der Waals surface area contributed by atoms with Crippen LogP contribution in [0.5, 0.6) is 17.2 Å². The summed E-state index contributed by atoms with van der Waals surface area (Å²) in [6, 6.07) is 12.2. The van der Waals surface area contributed by atoms with Crippen molar-refractivity contribution >= 4 is 11.8 Å². The highest BCUT2D eigenvalue weighted by Crippen LogP contribution is 2.38. The van der Waals surface area contributed by atoms with Crippen molar-refractivity contribution in [3.8, 4) is 17.2 Å². The molecule has 0 heterocycles. The quantitative estimate of drug-likeness (QED) is 0.253. The van der Waals surface area contributed by atoms with E-state index in [1.54, 1.807) is 13.2 Å². The fraction of sp³-hybridized carbons (Fsp3) is 0.520. The second kappa shape index (κ2) is 11.7. The lowest BCUT2D eigenvalue weighted by Crippen LogP contribution is -2.50. The van der Waals surface area contributed by atoms with Crippen LogP contribution in [0.3, 0.4) is 0 Å². The molecule has 3 N–H and O–H groups in total. The summed E-state index contributed by atoms with van der Waals surface area (Å²) in [5.74, 6) is 0.970. The average molecular weight is 445 g/mol. The molecule has 2 aromatic rings. The normalized spacial score (nSPS) is 16.8. The van der Waals surface area contributed by atoms with Gasteiger partial charge in [0.1, 0.15) is 5.75 Å². The van der Waals surface area contributed by atoms with Crippen LogP contribution < -0.4 is 10.2 Å². The maximum absolute atomic E-state index is 10.2. The molecule has 0 saturated heterocycles. The SMILES string of the molecule is CCCCC(CN(NCC)C1CCc2c(ccc(O)c2O)C1)Sc1ccccc1OC. The molecule has 6 heteroatoms. The zero-order chi connectivity index (χ0) is 22.2. The van der Waals surface area contributed by atoms with Crippen molar-refractivity contribution in [3.63, 3.8) is 0 Å². The van der Waals surface area contributed by atoms with Crippen LogP contribution in [0.25, 0.3) is 0 Å². The molecule has 0 aliphatic heterocycles. The first-order valence-corrected chi connectivity index (χ1v) is 12.3. The molecular formula is C25H36N2O3S. The first-order chi connectivity index (χ1) is 15.1. The first kappa shape index (κ1) is 23.8. The third-order valence-corrected chi connectivity index (χ3v) is 7.30. The van der Waals surface area contributed by atoms with Gasteiger partial charge in [0.05, 0.1) is 7.11 Å². The number of nitrogens with one attached hydrogen (secondary N) is 1. The number of nitrogens with zero attached hydrogens (tertiary/aromatic N) is 1. The van der Waals surface area contributed by atoms with E-state index in [0.29, 0.717) is 11.3 Å². The number of phenolic OH excluding ortho intramolecular Hbond substituents is 2. The Morgan fingerprint density at radius 3 is 2.74 bits per heavy atom. The fourth-order valence-corrected chi connectivity index (χ4v) is 5.65. The summed E-state index contributed by atoms with van der Waals surface area (Å²) in [7, 11) is 1.73. The topological polar surface area (TPSA) is 65.0 Å². The van der Waals surface area contributed by atoms with E-state index in [-0.39, 0.29) is 11.5 Å². The minimum Gasteiger partial charge on any atom is -0.504 e. The van der Waals surface area contributed by atoms with E-state index in [1.165, 1.54) is 17.7 Å². The molecule has 0 bridgehead atoms. The molecule has 31 heavy (non-hydrogen) atoms. The molecule has 0 fully saturated rings. The molecule has 5 nitrogen and oxygen atoms in total. The number of aromatic hydroxyl groups is 2. The summed E-state index contributed by atoms with van der Waals surface area (Å²) >= 11 is 1.91. The summed E-state index contributed by atoms with van der Waals surface area (Å²) in [6.07, 6.45) is 6.14. The lowest BCUT2D eigenvalue weighted by molar-refractivity contribution is 0.114. The van der Waals surface area contributed by atoms with E-state index < -0.39 is 0 Å². The van der Waals surface area contributed by atoms with Crippen LogP contribution in [0, 0.1) is 0 Å². The van der Waals surface area contributed by atoms with Gasteiger partial charge in [0.2, 0.25) is 0 Å². The number of hydrazine groups is 1. The standard InChI is InChI=1S/C25H36N2O3S/c1-4-6-9-20(31-24-11-8-7-10-23(24)30-3)17-27(26-5-2)19-13-14-21-18(16-19)12-15-22(28)25(21)29/h7-8,10-12,15,19-20,26,28-29H,4-6,9,13-14,16-17H2,1-3H3. The van der Waals surface area contributed by atoms with Gasteiger partial charge in [-0.3, -0.25) is 5.43 Å². The van der Waals surface area contributed by atoms with Crippen LogP contribution in [0.1, 0.15) is 50.7 Å². The third kappa shape index (κ3) is 6.09. The number of ether oxygens (including phenoxy) is 1. The van der Waals surface area contributed by atoms with Gasteiger partial charge in [0.25, 0.3) is 0 Å². The van der Waals surface area contributed by atoms with Crippen LogP contribution >= 0.6 is 11.8 Å². The first-order valence-electron chi connectivity index (χ1n) is 11.4. The number of methoxy groups -OCH3 is 1. The molecule has 2 atom stereocenters. The van der Waals surface area contributed by atoms with Crippen LogP contribution in [-0.4, -0.2) is 46.7 Å². The Morgan fingerprint density at radius 1 is 1.19 bits per heavy atom. The Hall–Kier alpha value is -1.89. The predicted octanol–water partition coefficient (Wildman–Crippen LogP) is 5.14. The molecule has 0 amide bonds. The van der Waals surface area contributed by atoms with Crippen molar-refractivity contribution < 1.29 is 14.9 Å². The van der Waals surface area contributed by atoms with Gasteiger partial charge in [0, 0.05) is 34.8 Å². The average Bonchev–Trinajstić information content (AvgIpc) is 2.79. The third-order valence-electron chi connectivity index (χ3n) is 5.99. The van der Waals surface area contributed by atoms with Crippen LogP contribution in [0.2, 0.25) is 0 Å². The van der Waals surface area contributed by atoms with Crippen molar-refractivity contribution in [2.75, 3.05) is 20.2 Å². The Kier molecular flexibility index (Phi) is 8.93. The monoisotopic (exact) mass is 444 g/mol. The molecule has 0 saturated carbocycles. The largest absolute Gasteiger partial charge is 0.504 e. The molecule has 1 aliphatic carbocycles. The minimum absolute atomic E-state index is 0.0198. The van der Waals surface area contributed by atoms with Crippen LogP contribution in [0.15, 0.2) is 41.3 Å². The summed E-state index contributed by atoms with van der Waals surface area (Å²) in [4.78, 5) is 1.19. The van der Waals surface area contributed by atoms with Gasteiger partial charge in [-0.05, 0) is 49.4 Å². The fourth-order valence-electron chi connectivity index (χ4n) is 4.35. The molecule has 2 aromatic carbocycles. The van der Waals surface area contributed by atoms with Gasteiger partial charge < -0.3 is 14.9 Å². The molecule has 3 rings (SSSR count). The van der Waals surface area contributed by atoms with E-state index in [0.717, 1.165) is 55.6 Å². The lowest BCUT2D eigenvalue weighted by Gasteiger charge is -2.37. The number of rotatable bonds is 11. The Morgan fingerprint density at radius 2 is 2.00 bits per heavy atom. The molecule has 0 spiro atoms. The van der Waals surface area contributed by atoms with Crippen molar-refractivity contribution in [2.45, 2.75) is 68.6 Å². The molecule has 0 radical (unpaired) electrons. The van der Waals surface area contributed by atoms with Crippen molar-refractivity contribution in [3.05, 3.63) is 47.5 Å². The number of thioether (sulfide) groups is 1.